The van der Waals surface area contributed by atoms with Crippen LogP contribution in [-0.2, 0) is 5.41 Å². The summed E-state index contributed by atoms with van der Waals surface area (Å²) in [5.41, 5.74) is 5.61. The van der Waals surface area contributed by atoms with E-state index in [1.165, 1.54) is 43.0 Å². The molecule has 0 spiro atoms. The van der Waals surface area contributed by atoms with Gasteiger partial charge in [-0.15, -0.1) is 0 Å². The summed E-state index contributed by atoms with van der Waals surface area (Å²) in [4.78, 5) is 11.6. The third-order valence-corrected chi connectivity index (χ3v) is 12.7. The molecule has 36 heavy (non-hydrogen) atoms. The molecule has 1 aliphatic carbocycles. The lowest BCUT2D eigenvalue weighted by Crippen LogP contribution is -2.74. The summed E-state index contributed by atoms with van der Waals surface area (Å²) in [5, 5.41) is 5.50. The predicted octanol–water partition coefficient (Wildman–Crippen LogP) is 5.18. The normalized spacial score (nSPS) is 13.6. The molecule has 0 saturated carbocycles. The molecule has 174 valence electrons. The molecular formula is C34H28OSi. The third-order valence-electron chi connectivity index (χ3n) is 7.89. The Labute approximate surface area is 214 Å². The van der Waals surface area contributed by atoms with Gasteiger partial charge >= 0.3 is 0 Å². The molecule has 0 fully saturated rings. The first kappa shape index (κ1) is 22.5. The second kappa shape index (κ2) is 8.58. The van der Waals surface area contributed by atoms with E-state index in [-0.39, 0.29) is 5.41 Å². The second-order valence-electron chi connectivity index (χ2n) is 10.2. The summed E-state index contributed by atoms with van der Waals surface area (Å²) in [6.45, 7) is 4.57. The maximum atomic E-state index is 11.6. The van der Waals surface area contributed by atoms with Gasteiger partial charge in [0.1, 0.15) is 6.29 Å². The highest BCUT2D eigenvalue weighted by Crippen LogP contribution is 2.48. The molecule has 0 aromatic heterocycles. The molecule has 0 amide bonds. The molecule has 0 atom stereocenters. The van der Waals surface area contributed by atoms with Crippen molar-refractivity contribution in [3.63, 3.8) is 0 Å². The van der Waals surface area contributed by atoms with E-state index in [9.17, 15) is 4.79 Å². The Morgan fingerprint density at radius 1 is 0.528 bits per heavy atom. The summed E-state index contributed by atoms with van der Waals surface area (Å²) in [6.07, 6.45) is 0.947. The van der Waals surface area contributed by atoms with E-state index in [0.29, 0.717) is 0 Å². The SMILES string of the molecule is CC1(C)c2cc(C=O)ccc2-c2ccc([Si](c3ccccc3)(c3ccccc3)c3ccccc3)cc21. The molecule has 1 nitrogen and oxygen atoms in total. The molecule has 5 aromatic carbocycles. The van der Waals surface area contributed by atoms with Crippen molar-refractivity contribution in [3.8, 4) is 11.1 Å². The van der Waals surface area contributed by atoms with E-state index in [0.717, 1.165) is 11.8 Å². The quantitative estimate of drug-likeness (QED) is 0.192. The highest BCUT2D eigenvalue weighted by molar-refractivity contribution is 7.19. The van der Waals surface area contributed by atoms with E-state index >= 15 is 0 Å². The fourth-order valence-electron chi connectivity index (χ4n) is 6.13. The second-order valence-corrected chi connectivity index (χ2v) is 14.0. The molecule has 6 rings (SSSR count). The van der Waals surface area contributed by atoms with Gasteiger partial charge in [0.25, 0.3) is 0 Å². The monoisotopic (exact) mass is 480 g/mol. The Bertz CT molecular complexity index is 1460. The molecule has 0 radical (unpaired) electrons. The maximum Gasteiger partial charge on any atom is 0.179 e. The molecule has 0 heterocycles. The fourth-order valence-corrected chi connectivity index (χ4v) is 10.9. The number of benzene rings is 5. The maximum absolute atomic E-state index is 11.6. The fraction of sp³-hybridized carbons (Fsp3) is 0.0882. The number of rotatable bonds is 5. The average Bonchev–Trinajstić information content (AvgIpc) is 3.17. The standard InChI is InChI=1S/C34H28OSi/c1-34(2)32-22-25(24-35)18-20-30(32)31-21-19-29(23-33(31)34)36(26-12-6-3-7-13-26,27-14-8-4-9-15-27)28-16-10-5-11-17-28/h3-24H,1-2H3. The summed E-state index contributed by atoms with van der Waals surface area (Å²) in [5.74, 6) is 0. The van der Waals surface area contributed by atoms with Crippen molar-refractivity contribution >= 4 is 35.1 Å². The van der Waals surface area contributed by atoms with Gasteiger partial charge in [0, 0.05) is 11.0 Å². The van der Waals surface area contributed by atoms with Gasteiger partial charge < -0.3 is 0 Å². The van der Waals surface area contributed by atoms with Gasteiger partial charge in [0.05, 0.1) is 0 Å². The topological polar surface area (TPSA) is 17.1 Å². The smallest absolute Gasteiger partial charge is 0.179 e. The Balaban J connectivity index is 1.68. The third kappa shape index (κ3) is 3.25. The van der Waals surface area contributed by atoms with Crippen LogP contribution in [0.3, 0.4) is 0 Å². The zero-order valence-electron chi connectivity index (χ0n) is 20.6. The van der Waals surface area contributed by atoms with Gasteiger partial charge in [0.2, 0.25) is 0 Å². The largest absolute Gasteiger partial charge is 0.298 e. The molecule has 0 bridgehead atoms. The van der Waals surface area contributed by atoms with Crippen LogP contribution >= 0.6 is 0 Å². The summed E-state index contributed by atoms with van der Waals surface area (Å²) in [6, 6.07) is 46.4. The van der Waals surface area contributed by atoms with E-state index < -0.39 is 8.07 Å². The van der Waals surface area contributed by atoms with Crippen molar-refractivity contribution in [2.24, 2.45) is 0 Å². The van der Waals surface area contributed by atoms with Crippen molar-refractivity contribution in [1.29, 1.82) is 0 Å². The van der Waals surface area contributed by atoms with Gasteiger partial charge in [-0.3, -0.25) is 4.79 Å². The highest BCUT2D eigenvalue weighted by atomic mass is 28.3. The number of carbonyl (C=O) groups is 1. The van der Waals surface area contributed by atoms with Crippen molar-refractivity contribution in [2.75, 3.05) is 0 Å². The first-order valence-electron chi connectivity index (χ1n) is 12.5. The summed E-state index contributed by atoms with van der Waals surface area (Å²) < 4.78 is 0. The van der Waals surface area contributed by atoms with E-state index in [1.807, 2.05) is 6.07 Å². The van der Waals surface area contributed by atoms with Gasteiger partial charge in [-0.25, -0.2) is 0 Å². The minimum atomic E-state index is -2.58. The molecule has 0 aliphatic heterocycles. The molecule has 2 heteroatoms. The van der Waals surface area contributed by atoms with Crippen LogP contribution in [0.15, 0.2) is 127 Å². The number of aldehydes is 1. The van der Waals surface area contributed by atoms with Crippen molar-refractivity contribution in [2.45, 2.75) is 19.3 Å². The average molecular weight is 481 g/mol. The first-order chi connectivity index (χ1) is 17.6. The number of hydrogen-bond acceptors (Lipinski definition) is 1. The molecule has 1 aliphatic rings. The van der Waals surface area contributed by atoms with Crippen LogP contribution in [0.1, 0.15) is 35.3 Å². The van der Waals surface area contributed by atoms with Crippen LogP contribution < -0.4 is 20.7 Å². The lowest BCUT2D eigenvalue weighted by molar-refractivity contribution is 0.112. The van der Waals surface area contributed by atoms with Gasteiger partial charge in [-0.2, -0.15) is 0 Å². The molecule has 5 aromatic rings. The van der Waals surface area contributed by atoms with E-state index in [1.54, 1.807) is 0 Å². The van der Waals surface area contributed by atoms with E-state index in [2.05, 4.69) is 135 Å². The van der Waals surface area contributed by atoms with E-state index in [4.69, 9.17) is 0 Å². The zero-order valence-corrected chi connectivity index (χ0v) is 21.6. The molecule has 0 N–H and O–H groups in total. The predicted molar refractivity (Wildman–Crippen MR) is 153 cm³/mol. The van der Waals surface area contributed by atoms with Crippen LogP contribution in [0.2, 0.25) is 0 Å². The zero-order chi connectivity index (χ0) is 24.8. The van der Waals surface area contributed by atoms with Gasteiger partial charge in [-0.05, 0) is 49.1 Å². The van der Waals surface area contributed by atoms with Crippen LogP contribution in [-0.4, -0.2) is 14.4 Å². The van der Waals surface area contributed by atoms with Crippen molar-refractivity contribution in [3.05, 3.63) is 144 Å². The Morgan fingerprint density at radius 3 is 1.44 bits per heavy atom. The summed E-state index contributed by atoms with van der Waals surface area (Å²) in [7, 11) is -2.58. The Hall–Kier alpha value is -4.01. The Morgan fingerprint density at radius 2 is 0.972 bits per heavy atom. The van der Waals surface area contributed by atoms with Gasteiger partial charge in [0.15, 0.2) is 8.07 Å². The molecule has 0 unspecified atom stereocenters. The lowest BCUT2D eigenvalue weighted by Gasteiger charge is -2.35. The van der Waals surface area contributed by atoms with Crippen LogP contribution in [0.4, 0.5) is 0 Å². The number of fused-ring (bicyclic) bond motifs is 3. The molecule has 0 saturated heterocycles. The lowest BCUT2D eigenvalue weighted by atomic mass is 9.82. The molecular weight excluding hydrogens is 452 g/mol. The Kier molecular flexibility index (Phi) is 5.35. The first-order valence-corrected chi connectivity index (χ1v) is 14.5. The summed E-state index contributed by atoms with van der Waals surface area (Å²) >= 11 is 0. The van der Waals surface area contributed by atoms with Crippen molar-refractivity contribution in [1.82, 2.24) is 0 Å². The minimum absolute atomic E-state index is 0.191. The minimum Gasteiger partial charge on any atom is -0.298 e. The highest BCUT2D eigenvalue weighted by Gasteiger charge is 2.43. The van der Waals surface area contributed by atoms with Crippen LogP contribution in [0.5, 0.6) is 0 Å². The van der Waals surface area contributed by atoms with Crippen LogP contribution in [0, 0.1) is 0 Å². The van der Waals surface area contributed by atoms with Gasteiger partial charge in [-0.1, -0.05) is 135 Å². The number of hydrogen-bond donors (Lipinski definition) is 0. The van der Waals surface area contributed by atoms with Crippen molar-refractivity contribution < 1.29 is 4.79 Å². The van der Waals surface area contributed by atoms with Crippen LogP contribution in [0.25, 0.3) is 11.1 Å². The number of carbonyl (C=O) groups excluding carboxylic acids is 1.